The Labute approximate surface area is 74.0 Å². The number of carbonyl (C=O) groups is 1. The molecule has 0 amide bonds. The van der Waals surface area contributed by atoms with Gasteiger partial charge in [-0.3, -0.25) is 4.79 Å². The summed E-state index contributed by atoms with van der Waals surface area (Å²) >= 11 is 0. The minimum atomic E-state index is -1.42. The summed E-state index contributed by atoms with van der Waals surface area (Å²) < 4.78 is 0. The van der Waals surface area contributed by atoms with Crippen molar-refractivity contribution in [2.45, 2.75) is 6.04 Å². The molecule has 0 radical (unpaired) electrons. The molecule has 0 fully saturated rings. The third kappa shape index (κ3) is 1.70. The van der Waals surface area contributed by atoms with Crippen LogP contribution in [0, 0.1) is 0 Å². The molecule has 0 aliphatic carbocycles. The summed E-state index contributed by atoms with van der Waals surface area (Å²) in [4.78, 5) is 10.5. The first-order chi connectivity index (χ1) is 6.04. The van der Waals surface area contributed by atoms with Gasteiger partial charge < -0.3 is 21.1 Å². The van der Waals surface area contributed by atoms with E-state index in [4.69, 9.17) is 10.8 Å². The first kappa shape index (κ1) is 9.34. The maximum absolute atomic E-state index is 10.5. The molecule has 70 valence electrons. The highest BCUT2D eigenvalue weighted by molar-refractivity contribution is 5.77. The van der Waals surface area contributed by atoms with E-state index in [1.165, 1.54) is 18.2 Å². The largest absolute Gasteiger partial charge is 0.507 e. The summed E-state index contributed by atoms with van der Waals surface area (Å²) in [7, 11) is 0. The van der Waals surface area contributed by atoms with Crippen LogP contribution in [0.2, 0.25) is 0 Å². The first-order valence-corrected chi connectivity index (χ1v) is 3.53. The molecule has 0 bridgehead atoms. The number of nitrogens with two attached hydrogens (primary N) is 1. The van der Waals surface area contributed by atoms with Crippen molar-refractivity contribution in [3.63, 3.8) is 0 Å². The number of phenolic OH excluding ortho intramolecular Hbond substituents is 2. The lowest BCUT2D eigenvalue weighted by molar-refractivity contribution is -0.138. The zero-order chi connectivity index (χ0) is 10.0. The van der Waals surface area contributed by atoms with Crippen LogP contribution in [0.1, 0.15) is 11.6 Å². The molecule has 1 rings (SSSR count). The van der Waals surface area contributed by atoms with E-state index in [0.717, 1.165) is 0 Å². The highest BCUT2D eigenvalue weighted by atomic mass is 16.4. The molecule has 1 aromatic carbocycles. The molecule has 5 nitrogen and oxygen atoms in total. The third-order valence-corrected chi connectivity index (χ3v) is 1.64. The van der Waals surface area contributed by atoms with E-state index in [2.05, 4.69) is 0 Å². The minimum absolute atomic E-state index is 0.171. The molecule has 1 aromatic rings. The maximum atomic E-state index is 10.5. The molecule has 5 heteroatoms. The summed E-state index contributed by atoms with van der Waals surface area (Å²) in [6.07, 6.45) is 0. The SMILES string of the molecule is NC(C(=O)O)c1c(O)cccc1O. The molecule has 0 aromatic heterocycles. The van der Waals surface area contributed by atoms with Crippen molar-refractivity contribution < 1.29 is 20.1 Å². The van der Waals surface area contributed by atoms with Crippen molar-refractivity contribution in [1.29, 1.82) is 0 Å². The second-order valence-corrected chi connectivity index (χ2v) is 2.53. The number of phenols is 2. The van der Waals surface area contributed by atoms with Crippen LogP contribution in [0.25, 0.3) is 0 Å². The molecule has 0 aliphatic heterocycles. The van der Waals surface area contributed by atoms with E-state index in [1.54, 1.807) is 0 Å². The predicted octanol–water partition coefficient (Wildman–Crippen LogP) is 0.182. The quantitative estimate of drug-likeness (QED) is 0.523. The summed E-state index contributed by atoms with van der Waals surface area (Å²) in [5.74, 6) is -1.96. The van der Waals surface area contributed by atoms with Gasteiger partial charge in [-0.2, -0.15) is 0 Å². The Morgan fingerprint density at radius 2 is 1.77 bits per heavy atom. The Morgan fingerprint density at radius 3 is 2.15 bits per heavy atom. The number of benzene rings is 1. The number of carboxylic acids is 1. The highest BCUT2D eigenvalue weighted by Crippen LogP contribution is 2.30. The standard InChI is InChI=1S/C8H9NO4/c9-7(8(12)13)6-4(10)2-1-3-5(6)11/h1-3,7,10-11H,9H2,(H,12,13). The van der Waals surface area contributed by atoms with Crippen LogP contribution in [0.4, 0.5) is 0 Å². The fourth-order valence-corrected chi connectivity index (χ4v) is 0.983. The fourth-order valence-electron chi connectivity index (χ4n) is 0.983. The van der Waals surface area contributed by atoms with Gasteiger partial charge in [0.2, 0.25) is 0 Å². The lowest BCUT2D eigenvalue weighted by Crippen LogP contribution is -2.20. The van der Waals surface area contributed by atoms with Crippen LogP contribution in [-0.2, 0) is 4.79 Å². The molecule has 5 N–H and O–H groups in total. The van der Waals surface area contributed by atoms with Crippen LogP contribution < -0.4 is 5.73 Å². The number of aromatic hydroxyl groups is 2. The molecule has 0 spiro atoms. The van der Waals surface area contributed by atoms with Crippen molar-refractivity contribution in [3.8, 4) is 11.5 Å². The van der Waals surface area contributed by atoms with Gasteiger partial charge in [0.15, 0.2) is 0 Å². The summed E-state index contributed by atoms with van der Waals surface area (Å²) in [6, 6.07) is 2.50. The predicted molar refractivity (Wildman–Crippen MR) is 44.3 cm³/mol. The molecule has 0 heterocycles. The number of carboxylic acid groups (broad SMARTS) is 1. The summed E-state index contributed by atoms with van der Waals surface area (Å²) in [6.45, 7) is 0. The van der Waals surface area contributed by atoms with Crippen LogP contribution in [0.15, 0.2) is 18.2 Å². The normalized spacial score (nSPS) is 12.4. The Hall–Kier alpha value is -1.75. The minimum Gasteiger partial charge on any atom is -0.507 e. The Bertz CT molecular complexity index is 317. The van der Waals surface area contributed by atoms with E-state index in [0.29, 0.717) is 0 Å². The van der Waals surface area contributed by atoms with Crippen molar-refractivity contribution >= 4 is 5.97 Å². The van der Waals surface area contributed by atoms with Gasteiger partial charge in [-0.25, -0.2) is 0 Å². The monoisotopic (exact) mass is 183 g/mol. The zero-order valence-electron chi connectivity index (χ0n) is 6.64. The average molecular weight is 183 g/mol. The van der Waals surface area contributed by atoms with Gasteiger partial charge in [-0.15, -0.1) is 0 Å². The Kier molecular flexibility index (Phi) is 2.39. The summed E-state index contributed by atoms with van der Waals surface area (Å²) in [5.41, 5.74) is 5.05. The van der Waals surface area contributed by atoms with Gasteiger partial charge in [-0.05, 0) is 12.1 Å². The highest BCUT2D eigenvalue weighted by Gasteiger charge is 2.21. The molecule has 0 aliphatic rings. The van der Waals surface area contributed by atoms with Gasteiger partial charge in [0.05, 0.1) is 5.56 Å². The van der Waals surface area contributed by atoms with Crippen LogP contribution in [0.5, 0.6) is 11.5 Å². The van der Waals surface area contributed by atoms with Gasteiger partial charge in [0.1, 0.15) is 17.5 Å². The zero-order valence-corrected chi connectivity index (χ0v) is 6.64. The van der Waals surface area contributed by atoms with Crippen molar-refractivity contribution in [3.05, 3.63) is 23.8 Å². The van der Waals surface area contributed by atoms with Crippen LogP contribution >= 0.6 is 0 Å². The van der Waals surface area contributed by atoms with Crippen molar-refractivity contribution in [1.82, 2.24) is 0 Å². The number of rotatable bonds is 2. The number of hydrogen-bond acceptors (Lipinski definition) is 4. The van der Waals surface area contributed by atoms with Gasteiger partial charge in [0, 0.05) is 0 Å². The third-order valence-electron chi connectivity index (χ3n) is 1.64. The molecule has 0 saturated carbocycles. The molecular formula is C8H9NO4. The van der Waals surface area contributed by atoms with Gasteiger partial charge >= 0.3 is 5.97 Å². The summed E-state index contributed by atoms with van der Waals surface area (Å²) in [5, 5.41) is 27.0. The van der Waals surface area contributed by atoms with Crippen LogP contribution in [0.3, 0.4) is 0 Å². The molecule has 0 saturated heterocycles. The fraction of sp³-hybridized carbons (Fsp3) is 0.125. The van der Waals surface area contributed by atoms with E-state index in [-0.39, 0.29) is 17.1 Å². The van der Waals surface area contributed by atoms with Crippen molar-refractivity contribution in [2.24, 2.45) is 5.73 Å². The number of aliphatic carboxylic acids is 1. The maximum Gasteiger partial charge on any atom is 0.325 e. The van der Waals surface area contributed by atoms with E-state index in [9.17, 15) is 15.0 Å². The molecule has 1 atom stereocenters. The topological polar surface area (TPSA) is 104 Å². The molecule has 1 unspecified atom stereocenters. The molecule has 13 heavy (non-hydrogen) atoms. The average Bonchev–Trinajstić information content (AvgIpc) is 2.03. The Morgan fingerprint density at radius 1 is 1.31 bits per heavy atom. The van der Waals surface area contributed by atoms with E-state index >= 15 is 0 Å². The van der Waals surface area contributed by atoms with Crippen molar-refractivity contribution in [2.75, 3.05) is 0 Å². The molecular weight excluding hydrogens is 174 g/mol. The Balaban J connectivity index is 3.20. The lowest BCUT2D eigenvalue weighted by atomic mass is 10.1. The van der Waals surface area contributed by atoms with Gasteiger partial charge in [-0.1, -0.05) is 6.07 Å². The van der Waals surface area contributed by atoms with Gasteiger partial charge in [0.25, 0.3) is 0 Å². The van der Waals surface area contributed by atoms with E-state index in [1.807, 2.05) is 0 Å². The number of hydrogen-bond donors (Lipinski definition) is 4. The first-order valence-electron chi connectivity index (χ1n) is 3.53. The second-order valence-electron chi connectivity index (χ2n) is 2.53. The van der Waals surface area contributed by atoms with E-state index < -0.39 is 12.0 Å². The van der Waals surface area contributed by atoms with Crippen LogP contribution in [-0.4, -0.2) is 21.3 Å². The lowest BCUT2D eigenvalue weighted by Gasteiger charge is -2.10. The second kappa shape index (κ2) is 3.32. The smallest absolute Gasteiger partial charge is 0.325 e.